The average molecular weight is 338 g/mol. The van der Waals surface area contributed by atoms with E-state index in [1.165, 1.54) is 0 Å². The van der Waals surface area contributed by atoms with Gasteiger partial charge >= 0.3 is 5.56 Å². The van der Waals surface area contributed by atoms with Gasteiger partial charge in [0.2, 0.25) is 18.5 Å². The number of aromatic nitrogens is 4. The number of aliphatic hydroxyl groups is 1. The zero-order valence-corrected chi connectivity index (χ0v) is 14.3. The first kappa shape index (κ1) is 16.9. The van der Waals surface area contributed by atoms with Crippen molar-refractivity contribution in [3.63, 3.8) is 0 Å². The number of aryl methyl sites for hydroxylation is 1. The third-order valence-electron chi connectivity index (χ3n) is 4.44. The second kappa shape index (κ2) is 6.50. The summed E-state index contributed by atoms with van der Waals surface area (Å²) in [7, 11) is 3.36. The molecule has 0 radical (unpaired) electrons. The lowest BCUT2D eigenvalue weighted by molar-refractivity contribution is -0.646. The molecule has 0 amide bonds. The number of fused-ring (bicyclic) bond motifs is 1. The molecule has 132 valence electrons. The van der Waals surface area contributed by atoms with Crippen LogP contribution in [0.25, 0.3) is 11.2 Å². The molecular weight excluding hydrogens is 314 g/mol. The number of nitrogens with zero attached hydrogens (tertiary/aromatic N) is 3. The van der Waals surface area contributed by atoms with Gasteiger partial charge in [0.25, 0.3) is 11.2 Å². The van der Waals surface area contributed by atoms with E-state index < -0.39 is 12.3 Å². The Bertz CT molecular complexity index is 786. The van der Waals surface area contributed by atoms with Crippen LogP contribution in [0.3, 0.4) is 0 Å². The number of anilines is 1. The van der Waals surface area contributed by atoms with Crippen molar-refractivity contribution >= 4 is 17.1 Å². The number of methoxy groups -OCH3 is 1. The maximum absolute atomic E-state index is 12.3. The van der Waals surface area contributed by atoms with Crippen molar-refractivity contribution in [1.82, 2.24) is 14.5 Å². The van der Waals surface area contributed by atoms with Crippen LogP contribution >= 0.6 is 0 Å². The molecule has 0 spiro atoms. The van der Waals surface area contributed by atoms with Gasteiger partial charge < -0.3 is 19.9 Å². The van der Waals surface area contributed by atoms with E-state index in [1.807, 2.05) is 13.8 Å². The fourth-order valence-electron chi connectivity index (χ4n) is 3.24. The van der Waals surface area contributed by atoms with Gasteiger partial charge in [-0.1, -0.05) is 0 Å². The lowest BCUT2D eigenvalue weighted by Gasteiger charge is -2.15. The summed E-state index contributed by atoms with van der Waals surface area (Å²) in [5.74, 6) is 0.252. The van der Waals surface area contributed by atoms with Crippen molar-refractivity contribution in [1.29, 1.82) is 0 Å². The number of H-pyrrole nitrogens is 1. The van der Waals surface area contributed by atoms with E-state index >= 15 is 0 Å². The third kappa shape index (κ3) is 2.68. The van der Waals surface area contributed by atoms with Crippen LogP contribution in [0.15, 0.2) is 11.1 Å². The van der Waals surface area contributed by atoms with Gasteiger partial charge in [-0.3, -0.25) is 9.78 Å². The number of aliphatic hydroxyl groups excluding tert-OH is 1. The number of ether oxygens (including phenoxy) is 2. The van der Waals surface area contributed by atoms with Gasteiger partial charge in [0.1, 0.15) is 6.10 Å². The van der Waals surface area contributed by atoms with Gasteiger partial charge in [0.05, 0.1) is 19.8 Å². The Hall–Kier alpha value is -1.97. The lowest BCUT2D eigenvalue weighted by Crippen LogP contribution is -2.32. The van der Waals surface area contributed by atoms with Crippen LogP contribution in [-0.2, 0) is 16.5 Å². The van der Waals surface area contributed by atoms with Gasteiger partial charge in [-0.25, -0.2) is 4.57 Å². The van der Waals surface area contributed by atoms with Gasteiger partial charge in [0.15, 0.2) is 0 Å². The van der Waals surface area contributed by atoms with Crippen molar-refractivity contribution < 1.29 is 19.1 Å². The molecule has 9 nitrogen and oxygen atoms in total. The third-order valence-corrected chi connectivity index (χ3v) is 4.44. The number of imidazole rings is 1. The standard InChI is InChI=1S/C15H23N5O4/c1-5-16-15-17-12-10(13(22)18-15)19(3)7-20(12)14-11(21)9(6-23-4)8(2)24-14/h7-9,11,14,21H,5-6H2,1-4H3,(H-,16,17,18,22)/p+1/t8-,9-,11-,14-/m1/s1. The highest BCUT2D eigenvalue weighted by molar-refractivity contribution is 5.67. The van der Waals surface area contributed by atoms with Crippen molar-refractivity contribution in [3.8, 4) is 0 Å². The summed E-state index contributed by atoms with van der Waals surface area (Å²) < 4.78 is 14.5. The van der Waals surface area contributed by atoms with Crippen LogP contribution in [0, 0.1) is 5.92 Å². The van der Waals surface area contributed by atoms with E-state index in [2.05, 4.69) is 15.3 Å². The van der Waals surface area contributed by atoms with Crippen LogP contribution in [-0.4, -0.2) is 52.1 Å². The molecule has 9 heteroatoms. The van der Waals surface area contributed by atoms with Crippen molar-refractivity contribution in [3.05, 3.63) is 16.7 Å². The smallest absolute Gasteiger partial charge is 0.304 e. The molecule has 1 aliphatic heterocycles. The van der Waals surface area contributed by atoms with Gasteiger partial charge in [-0.15, -0.1) is 0 Å². The van der Waals surface area contributed by atoms with Crippen molar-refractivity contribution in [2.45, 2.75) is 32.3 Å². The molecule has 0 saturated carbocycles. The molecule has 1 saturated heterocycles. The fraction of sp³-hybridized carbons (Fsp3) is 0.667. The van der Waals surface area contributed by atoms with E-state index in [1.54, 1.807) is 29.6 Å². The Morgan fingerprint density at radius 1 is 1.58 bits per heavy atom. The Kier molecular flexibility index (Phi) is 4.57. The summed E-state index contributed by atoms with van der Waals surface area (Å²) in [4.78, 5) is 19.5. The molecular formula is C15H24N5O4+. The summed E-state index contributed by atoms with van der Waals surface area (Å²) in [6.45, 7) is 4.87. The number of rotatable bonds is 5. The predicted octanol–water partition coefficient (Wildman–Crippen LogP) is -0.478. The molecule has 4 atom stereocenters. The predicted molar refractivity (Wildman–Crippen MR) is 86.7 cm³/mol. The molecule has 3 rings (SSSR count). The van der Waals surface area contributed by atoms with E-state index in [4.69, 9.17) is 9.47 Å². The second-order valence-electron chi connectivity index (χ2n) is 6.09. The zero-order valence-electron chi connectivity index (χ0n) is 14.3. The van der Waals surface area contributed by atoms with Crippen LogP contribution < -0.4 is 15.4 Å². The van der Waals surface area contributed by atoms with E-state index in [9.17, 15) is 9.90 Å². The average Bonchev–Trinajstić information content (AvgIpc) is 2.99. The highest BCUT2D eigenvalue weighted by Gasteiger charge is 2.46. The largest absolute Gasteiger partial charge is 0.386 e. The van der Waals surface area contributed by atoms with E-state index in [0.717, 1.165) is 0 Å². The minimum atomic E-state index is -0.751. The topological polar surface area (TPSA) is 105 Å². The highest BCUT2D eigenvalue weighted by Crippen LogP contribution is 2.34. The SMILES string of the molecule is CCNc1nc2c(c(=O)[nH]1)[n+](C)cn2[C@@H]1O[C@H](C)[C@@H](COC)[C@H]1O. The molecule has 1 aliphatic rings. The minimum absolute atomic E-state index is 0.141. The molecule has 24 heavy (non-hydrogen) atoms. The molecule has 0 aromatic carbocycles. The quantitative estimate of drug-likeness (QED) is 0.636. The molecule has 3 N–H and O–H groups in total. The first-order chi connectivity index (χ1) is 11.5. The Morgan fingerprint density at radius 2 is 2.33 bits per heavy atom. The molecule has 0 aliphatic carbocycles. The molecule has 2 aromatic heterocycles. The number of hydrogen-bond donors (Lipinski definition) is 3. The molecule has 2 aromatic rings. The summed E-state index contributed by atoms with van der Waals surface area (Å²) in [6.07, 6.45) is 0.188. The molecule has 0 bridgehead atoms. The Balaban J connectivity index is 2.08. The van der Waals surface area contributed by atoms with E-state index in [0.29, 0.717) is 30.3 Å². The first-order valence-electron chi connectivity index (χ1n) is 8.04. The maximum Gasteiger partial charge on any atom is 0.304 e. The first-order valence-corrected chi connectivity index (χ1v) is 8.04. The number of hydrogen-bond acceptors (Lipinski definition) is 6. The molecule has 3 heterocycles. The van der Waals surface area contributed by atoms with Crippen LogP contribution in [0.2, 0.25) is 0 Å². The zero-order chi connectivity index (χ0) is 17.4. The monoisotopic (exact) mass is 338 g/mol. The second-order valence-corrected chi connectivity index (χ2v) is 6.09. The number of nitrogens with one attached hydrogen (secondary N) is 2. The summed E-state index contributed by atoms with van der Waals surface area (Å²) >= 11 is 0. The summed E-state index contributed by atoms with van der Waals surface area (Å²) in [5, 5.41) is 13.7. The Labute approximate surface area is 139 Å². The summed E-state index contributed by atoms with van der Waals surface area (Å²) in [6, 6.07) is 0. The molecule has 1 fully saturated rings. The minimum Gasteiger partial charge on any atom is -0.386 e. The van der Waals surface area contributed by atoms with Crippen LogP contribution in [0.4, 0.5) is 5.95 Å². The van der Waals surface area contributed by atoms with Gasteiger partial charge in [-0.2, -0.15) is 9.55 Å². The normalized spacial score (nSPS) is 27.0. The van der Waals surface area contributed by atoms with E-state index in [-0.39, 0.29) is 17.6 Å². The number of aromatic amines is 1. The van der Waals surface area contributed by atoms with Crippen molar-refractivity contribution in [2.24, 2.45) is 13.0 Å². The van der Waals surface area contributed by atoms with Crippen LogP contribution in [0.1, 0.15) is 20.1 Å². The highest BCUT2D eigenvalue weighted by atomic mass is 16.5. The molecule has 0 unspecified atom stereocenters. The van der Waals surface area contributed by atoms with Gasteiger partial charge in [0, 0.05) is 19.6 Å². The lowest BCUT2D eigenvalue weighted by atomic mass is 10.0. The van der Waals surface area contributed by atoms with Crippen LogP contribution in [0.5, 0.6) is 0 Å². The maximum atomic E-state index is 12.3. The Morgan fingerprint density at radius 3 is 3.00 bits per heavy atom. The fourth-order valence-corrected chi connectivity index (χ4v) is 3.24. The van der Waals surface area contributed by atoms with Crippen molar-refractivity contribution in [2.75, 3.05) is 25.6 Å². The van der Waals surface area contributed by atoms with Gasteiger partial charge in [-0.05, 0) is 13.8 Å². The summed E-state index contributed by atoms with van der Waals surface area (Å²) in [5.41, 5.74) is 0.646.